The summed E-state index contributed by atoms with van der Waals surface area (Å²) in [6, 6.07) is 18.1. The monoisotopic (exact) mass is 346 g/mol. The standard InChI is InChI=1S/C22H22N2O2/c1-3-26-22(25)20(15-19-11-7-8-17(2)14-19)21-23-12-13-24(21)16-18-9-5-4-6-10-18/h4-15H,3,16H2,1-2H3. The van der Waals surface area contributed by atoms with Crippen LogP contribution in [0.25, 0.3) is 11.6 Å². The number of esters is 1. The van der Waals surface area contributed by atoms with E-state index in [2.05, 4.69) is 17.1 Å². The second kappa shape index (κ2) is 8.30. The molecule has 0 atom stereocenters. The summed E-state index contributed by atoms with van der Waals surface area (Å²) in [5.74, 6) is 0.239. The van der Waals surface area contributed by atoms with Gasteiger partial charge in [-0.15, -0.1) is 0 Å². The molecule has 0 fully saturated rings. The molecular weight excluding hydrogens is 324 g/mol. The predicted octanol–water partition coefficient (Wildman–Crippen LogP) is 4.34. The molecule has 0 amide bonds. The van der Waals surface area contributed by atoms with E-state index >= 15 is 0 Å². The molecule has 0 N–H and O–H groups in total. The fraction of sp³-hybridized carbons (Fsp3) is 0.182. The van der Waals surface area contributed by atoms with Crippen molar-refractivity contribution in [3.63, 3.8) is 0 Å². The van der Waals surface area contributed by atoms with Crippen molar-refractivity contribution in [2.45, 2.75) is 20.4 Å². The number of hydrogen-bond acceptors (Lipinski definition) is 3. The number of aryl methyl sites for hydroxylation is 1. The zero-order chi connectivity index (χ0) is 18.4. The van der Waals surface area contributed by atoms with Gasteiger partial charge in [-0.25, -0.2) is 9.78 Å². The number of rotatable bonds is 6. The molecular formula is C22H22N2O2. The van der Waals surface area contributed by atoms with E-state index in [1.807, 2.05) is 66.2 Å². The highest BCUT2D eigenvalue weighted by Gasteiger charge is 2.18. The van der Waals surface area contributed by atoms with Gasteiger partial charge in [0.05, 0.1) is 6.61 Å². The molecule has 0 unspecified atom stereocenters. The van der Waals surface area contributed by atoms with Crippen LogP contribution in [0.3, 0.4) is 0 Å². The van der Waals surface area contributed by atoms with Crippen molar-refractivity contribution in [2.24, 2.45) is 0 Å². The molecule has 4 nitrogen and oxygen atoms in total. The van der Waals surface area contributed by atoms with E-state index < -0.39 is 0 Å². The third kappa shape index (κ3) is 4.28. The summed E-state index contributed by atoms with van der Waals surface area (Å²) in [5.41, 5.74) is 3.68. The van der Waals surface area contributed by atoms with Gasteiger partial charge in [-0.3, -0.25) is 0 Å². The summed E-state index contributed by atoms with van der Waals surface area (Å²) in [5, 5.41) is 0. The number of imidazole rings is 1. The molecule has 132 valence electrons. The molecule has 26 heavy (non-hydrogen) atoms. The summed E-state index contributed by atoms with van der Waals surface area (Å²) in [6.45, 7) is 4.79. The summed E-state index contributed by atoms with van der Waals surface area (Å²) in [6.07, 6.45) is 5.43. The molecule has 0 aliphatic rings. The number of benzene rings is 2. The van der Waals surface area contributed by atoms with E-state index in [-0.39, 0.29) is 5.97 Å². The fourth-order valence-electron chi connectivity index (χ4n) is 2.81. The van der Waals surface area contributed by atoms with Crippen molar-refractivity contribution in [2.75, 3.05) is 6.61 Å². The number of carbonyl (C=O) groups excluding carboxylic acids is 1. The third-order valence-electron chi connectivity index (χ3n) is 4.00. The Hall–Kier alpha value is -3.14. The predicted molar refractivity (Wildman–Crippen MR) is 103 cm³/mol. The second-order valence-electron chi connectivity index (χ2n) is 6.06. The van der Waals surface area contributed by atoms with Gasteiger partial charge in [0.2, 0.25) is 0 Å². The Bertz CT molecular complexity index is 911. The number of ether oxygens (including phenoxy) is 1. The summed E-state index contributed by atoms with van der Waals surface area (Å²) < 4.78 is 7.24. The Balaban J connectivity index is 2.00. The average molecular weight is 346 g/mol. The van der Waals surface area contributed by atoms with Crippen LogP contribution >= 0.6 is 0 Å². The molecule has 0 aliphatic carbocycles. The molecule has 2 aromatic carbocycles. The number of aromatic nitrogens is 2. The quantitative estimate of drug-likeness (QED) is 0.492. The molecule has 1 heterocycles. The largest absolute Gasteiger partial charge is 0.462 e. The Morgan fingerprint density at radius 1 is 1.15 bits per heavy atom. The van der Waals surface area contributed by atoms with Crippen LogP contribution in [0.2, 0.25) is 0 Å². The van der Waals surface area contributed by atoms with Gasteiger partial charge >= 0.3 is 5.97 Å². The molecule has 3 aromatic rings. The number of nitrogens with zero attached hydrogens (tertiary/aromatic N) is 2. The first-order chi connectivity index (χ1) is 12.7. The zero-order valence-corrected chi connectivity index (χ0v) is 15.1. The van der Waals surface area contributed by atoms with Gasteiger partial charge in [-0.05, 0) is 31.1 Å². The molecule has 0 radical (unpaired) electrons. The maximum atomic E-state index is 12.6. The Morgan fingerprint density at radius 2 is 1.96 bits per heavy atom. The minimum Gasteiger partial charge on any atom is -0.462 e. The van der Waals surface area contributed by atoms with Crippen LogP contribution < -0.4 is 0 Å². The van der Waals surface area contributed by atoms with E-state index in [1.54, 1.807) is 13.1 Å². The highest BCUT2D eigenvalue weighted by Crippen LogP contribution is 2.20. The van der Waals surface area contributed by atoms with Crippen molar-refractivity contribution in [3.05, 3.63) is 89.5 Å². The van der Waals surface area contributed by atoms with Crippen LogP contribution in [-0.2, 0) is 16.1 Å². The van der Waals surface area contributed by atoms with E-state index in [9.17, 15) is 4.79 Å². The lowest BCUT2D eigenvalue weighted by atomic mass is 10.1. The SMILES string of the molecule is CCOC(=O)C(=Cc1cccc(C)c1)c1nccn1Cc1ccccc1. The van der Waals surface area contributed by atoms with E-state index in [0.717, 1.165) is 16.7 Å². The van der Waals surface area contributed by atoms with Gasteiger partial charge in [-0.2, -0.15) is 0 Å². The maximum Gasteiger partial charge on any atom is 0.341 e. The van der Waals surface area contributed by atoms with E-state index in [1.165, 1.54) is 0 Å². The zero-order valence-electron chi connectivity index (χ0n) is 15.1. The van der Waals surface area contributed by atoms with Gasteiger partial charge in [-0.1, -0.05) is 60.2 Å². The van der Waals surface area contributed by atoms with Crippen molar-refractivity contribution in [3.8, 4) is 0 Å². The first-order valence-electron chi connectivity index (χ1n) is 8.68. The van der Waals surface area contributed by atoms with Crippen LogP contribution in [0.4, 0.5) is 0 Å². The molecule has 0 saturated heterocycles. The van der Waals surface area contributed by atoms with Crippen molar-refractivity contribution in [1.29, 1.82) is 0 Å². The first-order valence-corrected chi connectivity index (χ1v) is 8.68. The van der Waals surface area contributed by atoms with Crippen LogP contribution in [0, 0.1) is 6.92 Å². The lowest BCUT2D eigenvalue weighted by Gasteiger charge is -2.11. The van der Waals surface area contributed by atoms with Crippen molar-refractivity contribution in [1.82, 2.24) is 9.55 Å². The highest BCUT2D eigenvalue weighted by atomic mass is 16.5. The van der Waals surface area contributed by atoms with Gasteiger partial charge in [0.25, 0.3) is 0 Å². The average Bonchev–Trinajstić information content (AvgIpc) is 3.08. The summed E-state index contributed by atoms with van der Waals surface area (Å²) in [4.78, 5) is 17.0. The number of carbonyl (C=O) groups is 1. The maximum absolute atomic E-state index is 12.6. The Morgan fingerprint density at radius 3 is 2.69 bits per heavy atom. The van der Waals surface area contributed by atoms with Gasteiger partial charge in [0.1, 0.15) is 11.4 Å². The van der Waals surface area contributed by atoms with E-state index in [4.69, 9.17) is 4.74 Å². The molecule has 4 heteroatoms. The van der Waals surface area contributed by atoms with Crippen LogP contribution in [-0.4, -0.2) is 22.1 Å². The molecule has 3 rings (SSSR count). The lowest BCUT2D eigenvalue weighted by Crippen LogP contribution is -2.12. The topological polar surface area (TPSA) is 44.1 Å². The van der Waals surface area contributed by atoms with E-state index in [0.29, 0.717) is 24.5 Å². The van der Waals surface area contributed by atoms with Crippen LogP contribution in [0.5, 0.6) is 0 Å². The summed E-state index contributed by atoms with van der Waals surface area (Å²) >= 11 is 0. The van der Waals surface area contributed by atoms with Crippen molar-refractivity contribution < 1.29 is 9.53 Å². The highest BCUT2D eigenvalue weighted by molar-refractivity contribution is 6.20. The third-order valence-corrected chi connectivity index (χ3v) is 4.00. The molecule has 1 aromatic heterocycles. The van der Waals surface area contributed by atoms with Crippen molar-refractivity contribution >= 4 is 17.6 Å². The Kier molecular flexibility index (Phi) is 5.64. The molecule has 0 bridgehead atoms. The minimum absolute atomic E-state index is 0.323. The van der Waals surface area contributed by atoms with Crippen LogP contribution in [0.1, 0.15) is 29.4 Å². The molecule has 0 aliphatic heterocycles. The minimum atomic E-state index is -0.366. The summed E-state index contributed by atoms with van der Waals surface area (Å²) in [7, 11) is 0. The smallest absolute Gasteiger partial charge is 0.341 e. The fourth-order valence-corrected chi connectivity index (χ4v) is 2.81. The first kappa shape index (κ1) is 17.7. The lowest BCUT2D eigenvalue weighted by molar-refractivity contribution is -0.136. The number of hydrogen-bond donors (Lipinski definition) is 0. The second-order valence-corrected chi connectivity index (χ2v) is 6.06. The van der Waals surface area contributed by atoms with Gasteiger partial charge in [0, 0.05) is 18.9 Å². The van der Waals surface area contributed by atoms with Gasteiger partial charge < -0.3 is 9.30 Å². The molecule has 0 saturated carbocycles. The van der Waals surface area contributed by atoms with Gasteiger partial charge in [0.15, 0.2) is 0 Å². The Labute approximate surface area is 153 Å². The molecule has 0 spiro atoms. The van der Waals surface area contributed by atoms with Crippen LogP contribution in [0.15, 0.2) is 67.0 Å². The normalized spacial score (nSPS) is 11.4.